The van der Waals surface area contributed by atoms with Crippen LogP contribution in [0.2, 0.25) is 0 Å². The summed E-state index contributed by atoms with van der Waals surface area (Å²) in [7, 11) is 0. The van der Waals surface area contributed by atoms with Crippen LogP contribution in [0.5, 0.6) is 0 Å². The van der Waals surface area contributed by atoms with Gasteiger partial charge in [-0.1, -0.05) is 12.2 Å². The maximum atomic E-state index is 9.75. The Morgan fingerprint density at radius 2 is 1.75 bits per heavy atom. The minimum Gasteiger partial charge on any atom is -0.390 e. The lowest BCUT2D eigenvalue weighted by atomic mass is 10.3. The zero-order valence-electron chi connectivity index (χ0n) is 11.9. The third-order valence-electron chi connectivity index (χ3n) is 0.906. The quantitative estimate of drug-likeness (QED) is 0.451. The van der Waals surface area contributed by atoms with E-state index < -0.39 is 19.1 Å². The largest absolute Gasteiger partial charge is 0.390 e. The molecule has 3 heteroatoms. The maximum absolute atomic E-state index is 9.75. The first-order chi connectivity index (χ1) is 7.62. The minimum absolute atomic E-state index is 0.00568. The summed E-state index contributed by atoms with van der Waals surface area (Å²) in [6.07, 6.45) is -0.312. The lowest BCUT2D eigenvalue weighted by molar-refractivity contribution is 0.171. The highest BCUT2D eigenvalue weighted by molar-refractivity contribution is 4.74. The zero-order valence-corrected chi connectivity index (χ0v) is 6.93. The molecule has 3 nitrogen and oxygen atoms in total. The second-order valence-corrected chi connectivity index (χ2v) is 1.94. The van der Waals surface area contributed by atoms with Crippen LogP contribution in [0.15, 0.2) is 25.3 Å². The van der Waals surface area contributed by atoms with E-state index in [1.54, 1.807) is 0 Å². The first kappa shape index (κ1) is 5.17. The summed E-state index contributed by atoms with van der Waals surface area (Å²) >= 11 is 0. The van der Waals surface area contributed by atoms with Crippen molar-refractivity contribution in [2.75, 3.05) is 26.1 Å². The fourth-order valence-corrected chi connectivity index (χ4v) is 0.445. The standard InChI is InChI=1S/C9H18N2O/c1-3-5-10-7-9(12)8-11-6-4-2/h3-4,9-12H,1-2,5-8H2/i7D2,8D2,9D. The number of hydrogen-bond acceptors (Lipinski definition) is 3. The molecule has 0 aromatic heterocycles. The third-order valence-corrected chi connectivity index (χ3v) is 0.906. The van der Waals surface area contributed by atoms with Gasteiger partial charge in [-0.25, -0.2) is 0 Å². The predicted molar refractivity (Wildman–Crippen MR) is 52.1 cm³/mol. The van der Waals surface area contributed by atoms with Crippen LogP contribution in [0.1, 0.15) is 6.85 Å². The Morgan fingerprint density at radius 3 is 2.08 bits per heavy atom. The van der Waals surface area contributed by atoms with E-state index in [0.29, 0.717) is 0 Å². The molecular weight excluding hydrogens is 152 g/mol. The Kier molecular flexibility index (Phi) is 3.64. The highest BCUT2D eigenvalue weighted by atomic mass is 16.3. The molecule has 0 aromatic rings. The van der Waals surface area contributed by atoms with Gasteiger partial charge in [-0.3, -0.25) is 0 Å². The van der Waals surface area contributed by atoms with Crippen molar-refractivity contribution < 1.29 is 12.0 Å². The van der Waals surface area contributed by atoms with Gasteiger partial charge in [-0.05, 0) is 0 Å². The van der Waals surface area contributed by atoms with Crippen LogP contribution in [-0.4, -0.2) is 37.3 Å². The van der Waals surface area contributed by atoms with Crippen molar-refractivity contribution in [1.29, 1.82) is 0 Å². The van der Waals surface area contributed by atoms with Crippen molar-refractivity contribution in [3.8, 4) is 0 Å². The first-order valence-electron chi connectivity index (χ1n) is 6.06. The van der Waals surface area contributed by atoms with Gasteiger partial charge in [0.2, 0.25) is 0 Å². The van der Waals surface area contributed by atoms with Gasteiger partial charge in [0.05, 0.1) is 7.45 Å². The van der Waals surface area contributed by atoms with Crippen molar-refractivity contribution in [3.63, 3.8) is 0 Å². The Bertz CT molecular complexity index is 255. The van der Waals surface area contributed by atoms with Gasteiger partial charge < -0.3 is 15.7 Å². The van der Waals surface area contributed by atoms with Crippen LogP contribution < -0.4 is 10.6 Å². The van der Waals surface area contributed by atoms with E-state index in [-0.39, 0.29) is 13.1 Å². The number of rotatable bonds is 8. The minimum atomic E-state index is -3.01. The van der Waals surface area contributed by atoms with Crippen molar-refractivity contribution >= 4 is 0 Å². The third kappa shape index (κ3) is 7.47. The molecule has 0 fully saturated rings. The molecule has 0 saturated heterocycles. The van der Waals surface area contributed by atoms with Crippen LogP contribution in [-0.2, 0) is 0 Å². The van der Waals surface area contributed by atoms with E-state index in [1.807, 2.05) is 0 Å². The van der Waals surface area contributed by atoms with E-state index >= 15 is 0 Å². The van der Waals surface area contributed by atoms with E-state index in [2.05, 4.69) is 23.8 Å². The molecule has 0 aliphatic heterocycles. The first-order valence-corrected chi connectivity index (χ1v) is 3.56. The highest BCUT2D eigenvalue weighted by Crippen LogP contribution is 1.77. The van der Waals surface area contributed by atoms with E-state index in [4.69, 9.17) is 6.85 Å². The lowest BCUT2D eigenvalue weighted by Gasteiger charge is -2.10. The molecule has 0 atom stereocenters. The van der Waals surface area contributed by atoms with Gasteiger partial charge in [-0.15, -0.1) is 13.2 Å². The van der Waals surface area contributed by atoms with Crippen molar-refractivity contribution in [3.05, 3.63) is 25.3 Å². The Morgan fingerprint density at radius 1 is 1.33 bits per heavy atom. The summed E-state index contributed by atoms with van der Waals surface area (Å²) < 4.78 is 37.5. The van der Waals surface area contributed by atoms with Crippen LogP contribution >= 0.6 is 0 Å². The smallest absolute Gasteiger partial charge is 0.0788 e. The molecule has 0 heterocycles. The summed E-state index contributed by atoms with van der Waals surface area (Å²) in [5.41, 5.74) is 0. The van der Waals surface area contributed by atoms with Crippen molar-refractivity contribution in [2.24, 2.45) is 0 Å². The Labute approximate surface area is 81.2 Å². The molecule has 12 heavy (non-hydrogen) atoms. The van der Waals surface area contributed by atoms with Crippen LogP contribution in [0.25, 0.3) is 0 Å². The second kappa shape index (κ2) is 8.46. The summed E-state index contributed by atoms with van der Waals surface area (Å²) in [6.45, 7) is 1.46. The van der Waals surface area contributed by atoms with Gasteiger partial charge in [-0.2, -0.15) is 0 Å². The Balaban J connectivity index is 4.93. The molecule has 70 valence electrons. The second-order valence-electron chi connectivity index (χ2n) is 1.94. The molecule has 0 unspecified atom stereocenters. The van der Waals surface area contributed by atoms with Crippen molar-refractivity contribution in [2.45, 2.75) is 6.08 Å². The average molecular weight is 175 g/mol. The molecule has 0 aromatic carbocycles. The molecule has 0 rings (SSSR count). The van der Waals surface area contributed by atoms with Gasteiger partial charge >= 0.3 is 0 Å². The van der Waals surface area contributed by atoms with Crippen LogP contribution in [0, 0.1) is 0 Å². The zero-order chi connectivity index (χ0) is 13.7. The molecule has 0 radical (unpaired) electrons. The van der Waals surface area contributed by atoms with Crippen LogP contribution in [0.4, 0.5) is 0 Å². The number of aliphatic hydroxyl groups is 1. The van der Waals surface area contributed by atoms with Gasteiger partial charge in [0.15, 0.2) is 0 Å². The normalized spacial score (nSPS) is 19.6. The van der Waals surface area contributed by atoms with E-state index in [0.717, 1.165) is 0 Å². The summed E-state index contributed by atoms with van der Waals surface area (Å²) in [6, 6.07) is 0. The van der Waals surface area contributed by atoms with E-state index in [9.17, 15) is 5.11 Å². The highest BCUT2D eigenvalue weighted by Gasteiger charge is 1.99. The van der Waals surface area contributed by atoms with E-state index in [1.165, 1.54) is 12.2 Å². The number of hydrogen-bond donors (Lipinski definition) is 3. The predicted octanol–water partition coefficient (Wildman–Crippen LogP) is -0.102. The molecule has 0 spiro atoms. The SMILES string of the molecule is [2H]C([2H])(NCC=C)C([2H])(O)C([2H])([2H])NCC=C. The molecule has 0 bridgehead atoms. The summed E-state index contributed by atoms with van der Waals surface area (Å²) in [5, 5.41) is 14.2. The molecule has 0 amide bonds. The fourth-order valence-electron chi connectivity index (χ4n) is 0.445. The molecule has 3 N–H and O–H groups in total. The van der Waals surface area contributed by atoms with Crippen molar-refractivity contribution in [1.82, 2.24) is 10.6 Å². The summed E-state index contributed by atoms with van der Waals surface area (Å²) in [5.74, 6) is 0. The Hall–Kier alpha value is -0.640. The number of nitrogens with one attached hydrogen (secondary N) is 2. The molecule has 0 aliphatic carbocycles. The molecular formula is C9H18N2O. The average Bonchev–Trinajstić information content (AvgIpc) is 2.23. The van der Waals surface area contributed by atoms with Crippen LogP contribution in [0.3, 0.4) is 0 Å². The topological polar surface area (TPSA) is 44.3 Å². The lowest BCUT2D eigenvalue weighted by Crippen LogP contribution is -2.35. The maximum Gasteiger partial charge on any atom is 0.0788 e. The van der Waals surface area contributed by atoms with Gasteiger partial charge in [0, 0.05) is 31.6 Å². The molecule has 0 aliphatic rings. The monoisotopic (exact) mass is 175 g/mol. The fraction of sp³-hybridized carbons (Fsp3) is 0.556. The summed E-state index contributed by atoms with van der Waals surface area (Å²) in [4.78, 5) is 0. The molecule has 0 saturated carbocycles. The van der Waals surface area contributed by atoms with Gasteiger partial charge in [0.1, 0.15) is 0 Å². The van der Waals surface area contributed by atoms with Gasteiger partial charge in [0.25, 0.3) is 0 Å².